The van der Waals surface area contributed by atoms with Crippen LogP contribution in [0.1, 0.15) is 13.8 Å². The lowest BCUT2D eigenvalue weighted by molar-refractivity contribution is -0.918. The van der Waals surface area contributed by atoms with E-state index >= 15 is 0 Å². The second-order valence-electron chi connectivity index (χ2n) is 2.97. The average Bonchev–Trinajstić information content (AvgIpc) is 2.17. The first-order valence-electron chi connectivity index (χ1n) is 4.46. The van der Waals surface area contributed by atoms with Crippen molar-refractivity contribution in [2.45, 2.75) is 13.8 Å². The van der Waals surface area contributed by atoms with Crippen molar-refractivity contribution in [3.8, 4) is 0 Å². The molecule has 0 aliphatic heterocycles. The van der Waals surface area contributed by atoms with Gasteiger partial charge in [-0.2, -0.15) is 0 Å². The minimum Gasteiger partial charge on any atom is -0.260 e. The van der Waals surface area contributed by atoms with Gasteiger partial charge >= 0.3 is 6.67 Å². The molecule has 0 spiro atoms. The zero-order valence-corrected chi connectivity index (χ0v) is 9.10. The quantitative estimate of drug-likeness (QED) is 0.275. The molecule has 0 aromatic rings. The minimum atomic E-state index is 0.542. The summed E-state index contributed by atoms with van der Waals surface area (Å²) in [6, 6.07) is 0. The van der Waals surface area contributed by atoms with Gasteiger partial charge in [0, 0.05) is 0 Å². The average molecular weight is 198 g/mol. The number of thiocarbonyl (C=S) groups is 1. The number of quaternary nitrogens is 1. The standard InChI is InChI=1S/C9H16N3S/c1-4-12(5-2,8-10-3)7-6-11-9-13/h4-8H2,1-2H3/q+1. The SMILES string of the molecule is [C-]#[N+]C[N+](CC)(CC)CCN=C=S. The number of hydrogen-bond acceptors (Lipinski definition) is 2. The molecule has 0 aliphatic carbocycles. The van der Waals surface area contributed by atoms with Crippen molar-refractivity contribution in [1.82, 2.24) is 0 Å². The third kappa shape index (κ3) is 4.14. The third-order valence-corrected chi connectivity index (χ3v) is 2.59. The molecule has 0 heterocycles. The van der Waals surface area contributed by atoms with Crippen LogP contribution in [0.5, 0.6) is 0 Å². The van der Waals surface area contributed by atoms with E-state index in [9.17, 15) is 0 Å². The molecule has 0 saturated carbocycles. The Morgan fingerprint density at radius 1 is 1.46 bits per heavy atom. The summed E-state index contributed by atoms with van der Waals surface area (Å²) in [5, 5.41) is 2.35. The molecular formula is C9H16N3S+. The number of aliphatic imine (C=N–C) groups is 1. The highest BCUT2D eigenvalue weighted by atomic mass is 32.1. The fourth-order valence-corrected chi connectivity index (χ4v) is 1.36. The number of hydrogen-bond donors (Lipinski definition) is 0. The van der Waals surface area contributed by atoms with Crippen LogP contribution in [0.25, 0.3) is 4.85 Å². The molecule has 0 N–H and O–H groups in total. The number of rotatable bonds is 6. The Bertz CT molecular complexity index is 222. The highest BCUT2D eigenvalue weighted by Crippen LogP contribution is 2.05. The van der Waals surface area contributed by atoms with Crippen LogP contribution in [0.3, 0.4) is 0 Å². The van der Waals surface area contributed by atoms with Gasteiger partial charge in [-0.15, -0.1) is 0 Å². The minimum absolute atomic E-state index is 0.542. The predicted octanol–water partition coefficient (Wildman–Crippen LogP) is 1.82. The molecule has 0 rings (SSSR count). The van der Waals surface area contributed by atoms with Crippen molar-refractivity contribution in [2.75, 3.05) is 32.8 Å². The highest BCUT2D eigenvalue weighted by molar-refractivity contribution is 7.78. The molecule has 0 unspecified atom stereocenters. The van der Waals surface area contributed by atoms with Gasteiger partial charge in [-0.1, -0.05) is 0 Å². The van der Waals surface area contributed by atoms with E-state index in [1.807, 2.05) is 0 Å². The van der Waals surface area contributed by atoms with E-state index in [2.05, 4.69) is 41.1 Å². The van der Waals surface area contributed by atoms with Crippen LogP contribution in [-0.2, 0) is 0 Å². The molecule has 4 heteroatoms. The predicted molar refractivity (Wildman–Crippen MR) is 57.6 cm³/mol. The number of likely N-dealkylation sites (N-methyl/N-ethyl adjacent to an activating group) is 1. The molecule has 13 heavy (non-hydrogen) atoms. The summed E-state index contributed by atoms with van der Waals surface area (Å²) in [5.41, 5.74) is 0. The van der Waals surface area contributed by atoms with Crippen molar-refractivity contribution < 1.29 is 4.48 Å². The first-order valence-corrected chi connectivity index (χ1v) is 4.87. The first kappa shape index (κ1) is 12.2. The maximum absolute atomic E-state index is 6.89. The normalized spacial score (nSPS) is 10.2. The Hall–Kier alpha value is -0.750. The fraction of sp³-hybridized carbons (Fsp3) is 0.778. The van der Waals surface area contributed by atoms with Gasteiger partial charge in [0.1, 0.15) is 6.54 Å². The molecule has 0 bridgehead atoms. The fourth-order valence-electron chi connectivity index (χ4n) is 1.27. The summed E-state index contributed by atoms with van der Waals surface area (Å²) >= 11 is 4.49. The lowest BCUT2D eigenvalue weighted by Crippen LogP contribution is -2.49. The van der Waals surface area contributed by atoms with Crippen LogP contribution >= 0.6 is 12.2 Å². The largest absolute Gasteiger partial charge is 0.339 e. The topological polar surface area (TPSA) is 16.7 Å². The highest BCUT2D eigenvalue weighted by Gasteiger charge is 2.24. The molecule has 0 amide bonds. The Morgan fingerprint density at radius 2 is 2.08 bits per heavy atom. The summed E-state index contributed by atoms with van der Waals surface area (Å²) in [5.74, 6) is 0. The van der Waals surface area contributed by atoms with E-state index in [4.69, 9.17) is 6.57 Å². The summed E-state index contributed by atoms with van der Waals surface area (Å²) in [7, 11) is 0. The number of isothiocyanates is 1. The lowest BCUT2D eigenvalue weighted by atomic mass is 10.3. The van der Waals surface area contributed by atoms with Gasteiger partial charge in [-0.05, 0) is 26.1 Å². The van der Waals surface area contributed by atoms with E-state index in [1.54, 1.807) is 0 Å². The van der Waals surface area contributed by atoms with Gasteiger partial charge in [-0.25, -0.2) is 11.6 Å². The van der Waals surface area contributed by atoms with Gasteiger partial charge in [0.2, 0.25) is 0 Å². The molecular weight excluding hydrogens is 182 g/mol. The zero-order valence-electron chi connectivity index (χ0n) is 8.29. The van der Waals surface area contributed by atoms with Crippen LogP contribution < -0.4 is 0 Å². The molecule has 72 valence electrons. The van der Waals surface area contributed by atoms with Crippen LogP contribution in [0, 0.1) is 6.57 Å². The second kappa shape index (κ2) is 6.73. The Labute approximate surface area is 85.5 Å². The van der Waals surface area contributed by atoms with Crippen molar-refractivity contribution in [3.63, 3.8) is 0 Å². The van der Waals surface area contributed by atoms with Crippen LogP contribution in [0.15, 0.2) is 4.99 Å². The van der Waals surface area contributed by atoms with Crippen molar-refractivity contribution >= 4 is 17.4 Å². The molecule has 0 atom stereocenters. The van der Waals surface area contributed by atoms with E-state index in [0.717, 1.165) is 24.1 Å². The summed E-state index contributed by atoms with van der Waals surface area (Å²) in [6.45, 7) is 15.2. The molecule has 0 aromatic heterocycles. The zero-order chi connectivity index (χ0) is 10.2. The Balaban J connectivity index is 4.21. The maximum Gasteiger partial charge on any atom is 0.339 e. The summed E-state index contributed by atoms with van der Waals surface area (Å²) in [6.07, 6.45) is 0. The molecule has 0 aliphatic rings. The maximum atomic E-state index is 6.89. The van der Waals surface area contributed by atoms with E-state index < -0.39 is 0 Å². The monoisotopic (exact) mass is 198 g/mol. The second-order valence-corrected chi connectivity index (χ2v) is 3.15. The van der Waals surface area contributed by atoms with Crippen LogP contribution in [0.2, 0.25) is 0 Å². The van der Waals surface area contributed by atoms with Gasteiger partial charge in [0.05, 0.1) is 24.8 Å². The Morgan fingerprint density at radius 3 is 2.46 bits per heavy atom. The van der Waals surface area contributed by atoms with Gasteiger partial charge in [-0.3, -0.25) is 9.33 Å². The van der Waals surface area contributed by atoms with Crippen LogP contribution in [0.4, 0.5) is 0 Å². The van der Waals surface area contributed by atoms with Crippen LogP contribution in [-0.4, -0.2) is 42.5 Å². The van der Waals surface area contributed by atoms with E-state index in [1.165, 1.54) is 0 Å². The third-order valence-electron chi connectivity index (χ3n) is 2.46. The van der Waals surface area contributed by atoms with E-state index in [-0.39, 0.29) is 0 Å². The van der Waals surface area contributed by atoms with Crippen molar-refractivity contribution in [2.24, 2.45) is 4.99 Å². The molecule has 0 aromatic carbocycles. The number of nitrogens with zero attached hydrogens (tertiary/aromatic N) is 3. The molecule has 0 radical (unpaired) electrons. The summed E-state index contributed by atoms with van der Waals surface area (Å²) < 4.78 is 0.810. The lowest BCUT2D eigenvalue weighted by Gasteiger charge is -2.30. The van der Waals surface area contributed by atoms with Gasteiger partial charge in [0.15, 0.2) is 0 Å². The molecule has 0 fully saturated rings. The van der Waals surface area contributed by atoms with Gasteiger partial charge in [0.25, 0.3) is 0 Å². The smallest absolute Gasteiger partial charge is 0.260 e. The van der Waals surface area contributed by atoms with Gasteiger partial charge < -0.3 is 0 Å². The Kier molecular flexibility index (Phi) is 6.34. The van der Waals surface area contributed by atoms with E-state index in [0.29, 0.717) is 13.2 Å². The van der Waals surface area contributed by atoms with Crippen molar-refractivity contribution in [3.05, 3.63) is 11.4 Å². The summed E-state index contributed by atoms with van der Waals surface area (Å²) in [4.78, 5) is 7.34. The molecule has 3 nitrogen and oxygen atoms in total. The van der Waals surface area contributed by atoms with Crippen molar-refractivity contribution in [1.29, 1.82) is 0 Å². The molecule has 0 saturated heterocycles. The first-order chi connectivity index (χ1) is 6.24.